The lowest BCUT2D eigenvalue weighted by molar-refractivity contribution is -0.0181. The topological polar surface area (TPSA) is 32.3 Å². The zero-order chi connectivity index (χ0) is 9.47. The lowest BCUT2D eigenvalue weighted by Gasteiger charge is -2.38. The third-order valence-electron chi connectivity index (χ3n) is 2.29. The summed E-state index contributed by atoms with van der Waals surface area (Å²) in [6.07, 6.45) is 0. The van der Waals surface area contributed by atoms with Gasteiger partial charge in [-0.15, -0.1) is 12.4 Å². The first-order valence-electron chi connectivity index (χ1n) is 4.01. The van der Waals surface area contributed by atoms with Gasteiger partial charge >= 0.3 is 0 Å². The van der Waals surface area contributed by atoms with Gasteiger partial charge in [0.15, 0.2) is 11.6 Å². The first kappa shape index (κ1) is 11.4. The smallest absolute Gasteiger partial charge is 0.164 e. The number of hydrogen-bond donors (Lipinski definition) is 2. The van der Waals surface area contributed by atoms with Crippen molar-refractivity contribution in [2.75, 3.05) is 13.1 Å². The van der Waals surface area contributed by atoms with E-state index >= 15 is 0 Å². The molecule has 1 fully saturated rings. The lowest BCUT2D eigenvalue weighted by Crippen LogP contribution is -2.57. The molecule has 0 spiro atoms. The van der Waals surface area contributed by atoms with E-state index in [1.54, 1.807) is 0 Å². The van der Waals surface area contributed by atoms with Crippen LogP contribution in [0.4, 0.5) is 8.78 Å². The second-order valence-corrected chi connectivity index (χ2v) is 3.24. The number of rotatable bonds is 1. The Hall–Kier alpha value is -0.710. The quantitative estimate of drug-likeness (QED) is 0.747. The SMILES string of the molecule is Cl.OC1(c2cccc(F)c2F)CNC1. The van der Waals surface area contributed by atoms with Gasteiger partial charge in [-0.25, -0.2) is 8.78 Å². The molecule has 78 valence electrons. The van der Waals surface area contributed by atoms with E-state index in [2.05, 4.69) is 5.32 Å². The second-order valence-electron chi connectivity index (χ2n) is 3.24. The van der Waals surface area contributed by atoms with Crippen molar-refractivity contribution in [1.82, 2.24) is 5.32 Å². The molecule has 2 nitrogen and oxygen atoms in total. The van der Waals surface area contributed by atoms with Gasteiger partial charge in [0.1, 0.15) is 5.60 Å². The molecule has 0 radical (unpaired) electrons. The van der Waals surface area contributed by atoms with E-state index < -0.39 is 17.2 Å². The van der Waals surface area contributed by atoms with Crippen LogP contribution in [0.3, 0.4) is 0 Å². The highest BCUT2D eigenvalue weighted by atomic mass is 35.5. The molecule has 0 aliphatic carbocycles. The van der Waals surface area contributed by atoms with E-state index in [1.807, 2.05) is 0 Å². The Kier molecular flexibility index (Phi) is 3.09. The summed E-state index contributed by atoms with van der Waals surface area (Å²) in [6, 6.07) is 3.83. The van der Waals surface area contributed by atoms with E-state index in [4.69, 9.17) is 0 Å². The summed E-state index contributed by atoms with van der Waals surface area (Å²) in [7, 11) is 0. The molecule has 1 heterocycles. The molecule has 0 unspecified atom stereocenters. The monoisotopic (exact) mass is 221 g/mol. The highest BCUT2D eigenvalue weighted by molar-refractivity contribution is 5.85. The van der Waals surface area contributed by atoms with E-state index in [9.17, 15) is 13.9 Å². The van der Waals surface area contributed by atoms with Gasteiger partial charge in [-0.05, 0) is 6.07 Å². The van der Waals surface area contributed by atoms with Crippen LogP contribution in [0.15, 0.2) is 18.2 Å². The van der Waals surface area contributed by atoms with E-state index in [-0.39, 0.29) is 31.1 Å². The molecule has 1 aliphatic heterocycles. The van der Waals surface area contributed by atoms with Crippen molar-refractivity contribution in [1.29, 1.82) is 0 Å². The van der Waals surface area contributed by atoms with Crippen LogP contribution >= 0.6 is 12.4 Å². The van der Waals surface area contributed by atoms with Crippen LogP contribution in [0, 0.1) is 11.6 Å². The molecular formula is C9H10ClF2NO. The van der Waals surface area contributed by atoms with Crippen molar-refractivity contribution in [2.45, 2.75) is 5.60 Å². The molecule has 1 saturated heterocycles. The van der Waals surface area contributed by atoms with Crippen LogP contribution in [0.2, 0.25) is 0 Å². The summed E-state index contributed by atoms with van der Waals surface area (Å²) in [6.45, 7) is 0.542. The minimum Gasteiger partial charge on any atom is -0.382 e. The Labute approximate surface area is 86.3 Å². The summed E-state index contributed by atoms with van der Waals surface area (Å²) >= 11 is 0. The molecule has 5 heteroatoms. The second kappa shape index (κ2) is 3.81. The van der Waals surface area contributed by atoms with Crippen molar-refractivity contribution in [3.05, 3.63) is 35.4 Å². The van der Waals surface area contributed by atoms with Crippen LogP contribution in [0.5, 0.6) is 0 Å². The van der Waals surface area contributed by atoms with Gasteiger partial charge in [0.25, 0.3) is 0 Å². The Morgan fingerprint density at radius 1 is 1.29 bits per heavy atom. The largest absolute Gasteiger partial charge is 0.382 e. The molecule has 1 aromatic rings. The summed E-state index contributed by atoms with van der Waals surface area (Å²) in [5, 5.41) is 12.5. The Bertz CT molecular complexity index is 342. The molecular weight excluding hydrogens is 212 g/mol. The fraction of sp³-hybridized carbons (Fsp3) is 0.333. The highest BCUT2D eigenvalue weighted by Crippen LogP contribution is 2.28. The van der Waals surface area contributed by atoms with Crippen LogP contribution < -0.4 is 5.32 Å². The van der Waals surface area contributed by atoms with Gasteiger partial charge in [0.2, 0.25) is 0 Å². The average molecular weight is 222 g/mol. The first-order chi connectivity index (χ1) is 6.13. The Morgan fingerprint density at radius 2 is 1.93 bits per heavy atom. The number of halogens is 3. The molecule has 0 bridgehead atoms. The zero-order valence-electron chi connectivity index (χ0n) is 7.26. The van der Waals surface area contributed by atoms with Crippen LogP contribution in [0.1, 0.15) is 5.56 Å². The van der Waals surface area contributed by atoms with Gasteiger partial charge < -0.3 is 10.4 Å². The Morgan fingerprint density at radius 3 is 2.43 bits per heavy atom. The van der Waals surface area contributed by atoms with Gasteiger partial charge in [-0.2, -0.15) is 0 Å². The third-order valence-corrected chi connectivity index (χ3v) is 2.29. The highest BCUT2D eigenvalue weighted by Gasteiger charge is 2.38. The number of aliphatic hydroxyl groups is 1. The molecule has 14 heavy (non-hydrogen) atoms. The van der Waals surface area contributed by atoms with Crippen molar-refractivity contribution in [3.63, 3.8) is 0 Å². The van der Waals surface area contributed by atoms with Gasteiger partial charge in [0, 0.05) is 18.7 Å². The summed E-state index contributed by atoms with van der Waals surface area (Å²) in [5.41, 5.74) is -1.20. The molecule has 0 aromatic heterocycles. The number of benzene rings is 1. The van der Waals surface area contributed by atoms with E-state index in [1.165, 1.54) is 12.1 Å². The van der Waals surface area contributed by atoms with Crippen molar-refractivity contribution < 1.29 is 13.9 Å². The molecule has 0 atom stereocenters. The summed E-state index contributed by atoms with van der Waals surface area (Å²) in [5.74, 6) is -1.87. The maximum Gasteiger partial charge on any atom is 0.164 e. The minimum absolute atomic E-state index is 0. The van der Waals surface area contributed by atoms with Crippen LogP contribution in [-0.4, -0.2) is 18.2 Å². The molecule has 1 aromatic carbocycles. The number of β-amino-alcohol motifs (C(OH)–C–C–N with tert-alkyl or cyclic N) is 1. The normalized spacial score (nSPS) is 18.2. The average Bonchev–Trinajstić information content (AvgIpc) is 2.06. The minimum atomic E-state index is -1.23. The van der Waals surface area contributed by atoms with Gasteiger partial charge in [-0.3, -0.25) is 0 Å². The van der Waals surface area contributed by atoms with Crippen LogP contribution in [-0.2, 0) is 5.60 Å². The van der Waals surface area contributed by atoms with Gasteiger partial charge in [-0.1, -0.05) is 12.1 Å². The maximum atomic E-state index is 13.2. The van der Waals surface area contributed by atoms with Gasteiger partial charge in [0.05, 0.1) is 0 Å². The third kappa shape index (κ3) is 1.61. The van der Waals surface area contributed by atoms with Crippen molar-refractivity contribution in [2.24, 2.45) is 0 Å². The predicted octanol–water partition coefficient (Wildman–Crippen LogP) is 1.18. The summed E-state index contributed by atoms with van der Waals surface area (Å²) in [4.78, 5) is 0. The molecule has 0 amide bonds. The molecule has 1 aliphatic rings. The van der Waals surface area contributed by atoms with E-state index in [0.29, 0.717) is 0 Å². The number of hydrogen-bond acceptors (Lipinski definition) is 2. The lowest BCUT2D eigenvalue weighted by atomic mass is 9.88. The maximum absolute atomic E-state index is 13.2. The molecule has 2 N–H and O–H groups in total. The standard InChI is InChI=1S/C9H9F2NO.ClH/c10-7-3-1-2-6(8(7)11)9(13)4-12-5-9;/h1-3,12-13H,4-5H2;1H. The molecule has 0 saturated carbocycles. The van der Waals surface area contributed by atoms with Crippen molar-refractivity contribution >= 4 is 12.4 Å². The number of nitrogens with one attached hydrogen (secondary N) is 1. The summed E-state index contributed by atoms with van der Waals surface area (Å²) < 4.78 is 25.9. The van der Waals surface area contributed by atoms with E-state index in [0.717, 1.165) is 6.07 Å². The molecule has 2 rings (SSSR count). The predicted molar refractivity (Wildman–Crippen MR) is 50.4 cm³/mol. The first-order valence-corrected chi connectivity index (χ1v) is 4.01. The fourth-order valence-corrected chi connectivity index (χ4v) is 1.42. The van der Waals surface area contributed by atoms with Crippen LogP contribution in [0.25, 0.3) is 0 Å². The Balaban J connectivity index is 0.000000980. The zero-order valence-corrected chi connectivity index (χ0v) is 8.07. The van der Waals surface area contributed by atoms with Crippen molar-refractivity contribution in [3.8, 4) is 0 Å². The fourth-order valence-electron chi connectivity index (χ4n) is 1.42.